The van der Waals surface area contributed by atoms with Crippen LogP contribution in [0.1, 0.15) is 12.0 Å². The molecule has 3 heteroatoms. The van der Waals surface area contributed by atoms with Gasteiger partial charge in [0, 0.05) is 19.1 Å². The molecule has 3 nitrogen and oxygen atoms in total. The average Bonchev–Trinajstić information content (AvgIpc) is 2.37. The van der Waals surface area contributed by atoms with Crippen LogP contribution in [-0.2, 0) is 11.2 Å². The zero-order chi connectivity index (χ0) is 12.1. The number of hydrogen-bond acceptors (Lipinski definition) is 3. The minimum Gasteiger partial charge on any atom is -0.374 e. The number of benzene rings is 1. The summed E-state index contributed by atoms with van der Waals surface area (Å²) < 4.78 is 5.73. The molecule has 1 saturated heterocycles. The number of rotatable bonds is 4. The summed E-state index contributed by atoms with van der Waals surface area (Å²) in [5.74, 6) is 0. The highest BCUT2D eigenvalue weighted by Gasteiger charge is 2.23. The van der Waals surface area contributed by atoms with Crippen LogP contribution < -0.4 is 5.73 Å². The third kappa shape index (κ3) is 3.80. The van der Waals surface area contributed by atoms with Crippen LogP contribution in [0.3, 0.4) is 0 Å². The minimum absolute atomic E-state index is 0.137. The number of likely N-dealkylation sites (N-methyl/N-ethyl adjacent to an activating group) is 1. The molecule has 0 bridgehead atoms. The topological polar surface area (TPSA) is 38.5 Å². The van der Waals surface area contributed by atoms with E-state index in [0.29, 0.717) is 0 Å². The van der Waals surface area contributed by atoms with E-state index in [1.807, 2.05) is 6.07 Å². The van der Waals surface area contributed by atoms with E-state index >= 15 is 0 Å². The molecule has 94 valence electrons. The van der Waals surface area contributed by atoms with Gasteiger partial charge in [0.05, 0.1) is 12.7 Å². The monoisotopic (exact) mass is 234 g/mol. The predicted molar refractivity (Wildman–Crippen MR) is 70.0 cm³/mol. The highest BCUT2D eigenvalue weighted by molar-refractivity contribution is 5.14. The van der Waals surface area contributed by atoms with Gasteiger partial charge in [-0.1, -0.05) is 30.3 Å². The van der Waals surface area contributed by atoms with Crippen molar-refractivity contribution in [3.05, 3.63) is 35.9 Å². The first-order chi connectivity index (χ1) is 8.25. The van der Waals surface area contributed by atoms with E-state index in [1.165, 1.54) is 5.56 Å². The summed E-state index contributed by atoms with van der Waals surface area (Å²) in [5, 5.41) is 0. The van der Waals surface area contributed by atoms with Gasteiger partial charge in [-0.15, -0.1) is 0 Å². The average molecular weight is 234 g/mol. The quantitative estimate of drug-likeness (QED) is 0.853. The molecule has 0 aliphatic carbocycles. The number of hydrogen-bond donors (Lipinski definition) is 1. The zero-order valence-electron chi connectivity index (χ0n) is 10.5. The van der Waals surface area contributed by atoms with Crippen molar-refractivity contribution < 1.29 is 4.74 Å². The summed E-state index contributed by atoms with van der Waals surface area (Å²) in [5.41, 5.74) is 7.56. The molecule has 2 atom stereocenters. The number of morpholine rings is 1. The maximum absolute atomic E-state index is 6.21. The minimum atomic E-state index is 0.137. The molecule has 1 aromatic carbocycles. The lowest BCUT2D eigenvalue weighted by Gasteiger charge is -2.33. The molecule has 1 heterocycles. The molecule has 0 saturated carbocycles. The number of nitrogens with two attached hydrogens (primary N) is 1. The highest BCUT2D eigenvalue weighted by Crippen LogP contribution is 2.11. The molecule has 1 aliphatic rings. The van der Waals surface area contributed by atoms with E-state index < -0.39 is 0 Å². The van der Waals surface area contributed by atoms with Gasteiger partial charge in [-0.3, -0.25) is 0 Å². The molecule has 1 aliphatic heterocycles. The third-order valence-electron chi connectivity index (χ3n) is 3.38. The Morgan fingerprint density at radius 1 is 1.41 bits per heavy atom. The summed E-state index contributed by atoms with van der Waals surface area (Å²) in [6.07, 6.45) is 2.21. The highest BCUT2D eigenvalue weighted by atomic mass is 16.5. The van der Waals surface area contributed by atoms with Crippen molar-refractivity contribution >= 4 is 0 Å². The van der Waals surface area contributed by atoms with Gasteiger partial charge in [0.2, 0.25) is 0 Å². The van der Waals surface area contributed by atoms with E-state index in [2.05, 4.69) is 36.2 Å². The lowest BCUT2D eigenvalue weighted by Crippen LogP contribution is -2.49. The van der Waals surface area contributed by atoms with E-state index in [9.17, 15) is 0 Å². The van der Waals surface area contributed by atoms with E-state index in [4.69, 9.17) is 10.5 Å². The van der Waals surface area contributed by atoms with Gasteiger partial charge in [0.25, 0.3) is 0 Å². The van der Waals surface area contributed by atoms with Crippen molar-refractivity contribution in [3.8, 4) is 0 Å². The Bertz CT molecular complexity index is 328. The van der Waals surface area contributed by atoms with Crippen molar-refractivity contribution in [2.75, 3.05) is 26.7 Å². The van der Waals surface area contributed by atoms with Crippen molar-refractivity contribution in [1.82, 2.24) is 4.90 Å². The van der Waals surface area contributed by atoms with E-state index in [1.54, 1.807) is 0 Å². The van der Waals surface area contributed by atoms with Crippen molar-refractivity contribution in [3.63, 3.8) is 0 Å². The van der Waals surface area contributed by atoms with Gasteiger partial charge in [-0.05, 0) is 25.5 Å². The molecule has 1 fully saturated rings. The summed E-state index contributed by atoms with van der Waals surface area (Å²) >= 11 is 0. The van der Waals surface area contributed by atoms with Crippen LogP contribution in [0.2, 0.25) is 0 Å². The summed E-state index contributed by atoms with van der Waals surface area (Å²) in [6, 6.07) is 10.6. The molecular weight excluding hydrogens is 212 g/mol. The molecular formula is C14H22N2O. The number of nitrogens with zero attached hydrogens (tertiary/aromatic N) is 1. The lowest BCUT2D eigenvalue weighted by molar-refractivity contribution is -0.0331. The number of aryl methyl sites for hydroxylation is 1. The van der Waals surface area contributed by atoms with Crippen molar-refractivity contribution in [2.45, 2.75) is 25.0 Å². The molecule has 17 heavy (non-hydrogen) atoms. The van der Waals surface area contributed by atoms with Gasteiger partial charge in [0.15, 0.2) is 0 Å². The fourth-order valence-electron chi connectivity index (χ4n) is 2.23. The van der Waals surface area contributed by atoms with Gasteiger partial charge in [-0.2, -0.15) is 0 Å². The first kappa shape index (κ1) is 12.6. The summed E-state index contributed by atoms with van der Waals surface area (Å²) in [4.78, 5) is 2.29. The second kappa shape index (κ2) is 6.15. The Kier molecular flexibility index (Phi) is 4.54. The standard InChI is InChI=1S/C14H22N2O/c1-16-9-10-17-14(11-16)13(15)8-7-12-5-3-2-4-6-12/h2-6,13-14H,7-11,15H2,1H3. The van der Waals surface area contributed by atoms with Gasteiger partial charge in [0.1, 0.15) is 0 Å². The Morgan fingerprint density at radius 2 is 2.18 bits per heavy atom. The fraction of sp³-hybridized carbons (Fsp3) is 0.571. The smallest absolute Gasteiger partial charge is 0.0853 e. The predicted octanol–water partition coefficient (Wildman–Crippen LogP) is 1.28. The fourth-order valence-corrected chi connectivity index (χ4v) is 2.23. The first-order valence-electron chi connectivity index (χ1n) is 6.35. The van der Waals surface area contributed by atoms with Crippen LogP contribution in [0.5, 0.6) is 0 Å². The van der Waals surface area contributed by atoms with Crippen LogP contribution >= 0.6 is 0 Å². The molecule has 2 rings (SSSR count). The van der Waals surface area contributed by atoms with Crippen molar-refractivity contribution in [2.24, 2.45) is 5.73 Å². The third-order valence-corrected chi connectivity index (χ3v) is 3.38. The lowest BCUT2D eigenvalue weighted by atomic mass is 10.0. The van der Waals surface area contributed by atoms with Crippen LogP contribution in [0.4, 0.5) is 0 Å². The molecule has 2 N–H and O–H groups in total. The SMILES string of the molecule is CN1CCOC(C(N)CCc2ccccc2)C1. The normalized spacial score (nSPS) is 23.5. The second-order valence-electron chi connectivity index (χ2n) is 4.86. The Hall–Kier alpha value is -0.900. The van der Waals surface area contributed by atoms with Gasteiger partial charge in [-0.25, -0.2) is 0 Å². The molecule has 1 aromatic rings. The first-order valence-corrected chi connectivity index (χ1v) is 6.35. The Balaban J connectivity index is 1.79. The van der Waals surface area contributed by atoms with Gasteiger partial charge >= 0.3 is 0 Å². The second-order valence-corrected chi connectivity index (χ2v) is 4.86. The van der Waals surface area contributed by atoms with Crippen LogP contribution in [0.15, 0.2) is 30.3 Å². The largest absolute Gasteiger partial charge is 0.374 e. The molecule has 0 spiro atoms. The molecule has 0 amide bonds. The Morgan fingerprint density at radius 3 is 2.88 bits per heavy atom. The van der Waals surface area contributed by atoms with Crippen LogP contribution in [0, 0.1) is 0 Å². The van der Waals surface area contributed by atoms with E-state index in [-0.39, 0.29) is 12.1 Å². The maximum Gasteiger partial charge on any atom is 0.0853 e. The molecule has 0 aromatic heterocycles. The summed E-state index contributed by atoms with van der Waals surface area (Å²) in [6.45, 7) is 2.78. The number of ether oxygens (including phenoxy) is 1. The van der Waals surface area contributed by atoms with Crippen molar-refractivity contribution in [1.29, 1.82) is 0 Å². The van der Waals surface area contributed by atoms with Crippen LogP contribution in [0.25, 0.3) is 0 Å². The van der Waals surface area contributed by atoms with Crippen LogP contribution in [-0.4, -0.2) is 43.8 Å². The van der Waals surface area contributed by atoms with E-state index in [0.717, 1.165) is 32.5 Å². The zero-order valence-corrected chi connectivity index (χ0v) is 10.5. The summed E-state index contributed by atoms with van der Waals surface area (Å²) in [7, 11) is 2.12. The maximum atomic E-state index is 6.21. The molecule has 2 unspecified atom stereocenters. The van der Waals surface area contributed by atoms with Gasteiger partial charge < -0.3 is 15.4 Å². The molecule has 0 radical (unpaired) electrons. The Labute approximate surface area is 104 Å².